The van der Waals surface area contributed by atoms with Gasteiger partial charge >= 0.3 is 0 Å². The summed E-state index contributed by atoms with van der Waals surface area (Å²) in [5.41, 5.74) is 5.32. The van der Waals surface area contributed by atoms with Crippen molar-refractivity contribution in [3.8, 4) is 0 Å². The van der Waals surface area contributed by atoms with Gasteiger partial charge in [0.15, 0.2) is 0 Å². The SMILES string of the molecule is NCCNc1ncccc1Br. The van der Waals surface area contributed by atoms with Crippen molar-refractivity contribution in [1.82, 2.24) is 4.98 Å². The van der Waals surface area contributed by atoms with E-state index in [1.165, 1.54) is 0 Å². The second-order valence-corrected chi connectivity index (χ2v) is 2.90. The van der Waals surface area contributed by atoms with Crippen molar-refractivity contribution in [1.29, 1.82) is 0 Å². The lowest BCUT2D eigenvalue weighted by Crippen LogP contribution is -2.13. The molecule has 0 aromatic carbocycles. The Bertz CT molecular complexity index is 227. The van der Waals surface area contributed by atoms with Gasteiger partial charge in [-0.15, -0.1) is 0 Å². The van der Waals surface area contributed by atoms with Crippen LogP contribution < -0.4 is 11.1 Å². The van der Waals surface area contributed by atoms with E-state index in [1.54, 1.807) is 6.20 Å². The zero-order valence-corrected chi connectivity index (χ0v) is 7.63. The Morgan fingerprint density at radius 2 is 2.45 bits per heavy atom. The van der Waals surface area contributed by atoms with Crippen molar-refractivity contribution in [2.45, 2.75) is 0 Å². The van der Waals surface area contributed by atoms with E-state index >= 15 is 0 Å². The molecule has 0 amide bonds. The Hall–Kier alpha value is -0.610. The van der Waals surface area contributed by atoms with E-state index in [0.717, 1.165) is 16.8 Å². The van der Waals surface area contributed by atoms with Gasteiger partial charge < -0.3 is 11.1 Å². The third-order valence-electron chi connectivity index (χ3n) is 1.20. The maximum Gasteiger partial charge on any atom is 0.140 e. The molecule has 0 bridgehead atoms. The van der Waals surface area contributed by atoms with Crippen LogP contribution in [0.3, 0.4) is 0 Å². The van der Waals surface area contributed by atoms with Crippen molar-refractivity contribution < 1.29 is 0 Å². The van der Waals surface area contributed by atoms with E-state index < -0.39 is 0 Å². The van der Waals surface area contributed by atoms with Crippen LogP contribution >= 0.6 is 15.9 Å². The van der Waals surface area contributed by atoms with Gasteiger partial charge in [-0.05, 0) is 28.1 Å². The fraction of sp³-hybridized carbons (Fsp3) is 0.286. The first-order chi connectivity index (χ1) is 5.34. The number of nitrogens with one attached hydrogen (secondary N) is 1. The van der Waals surface area contributed by atoms with E-state index in [0.29, 0.717) is 6.54 Å². The maximum atomic E-state index is 5.32. The van der Waals surface area contributed by atoms with Crippen molar-refractivity contribution >= 4 is 21.7 Å². The fourth-order valence-electron chi connectivity index (χ4n) is 0.706. The molecular formula is C7H10BrN3. The van der Waals surface area contributed by atoms with Crippen molar-refractivity contribution in [2.24, 2.45) is 5.73 Å². The molecule has 0 aliphatic carbocycles. The molecule has 3 N–H and O–H groups in total. The minimum absolute atomic E-state index is 0.614. The molecule has 0 atom stereocenters. The Balaban J connectivity index is 2.62. The maximum absolute atomic E-state index is 5.32. The van der Waals surface area contributed by atoms with Gasteiger partial charge in [0.1, 0.15) is 5.82 Å². The van der Waals surface area contributed by atoms with Crippen LogP contribution in [0.2, 0.25) is 0 Å². The fourth-order valence-corrected chi connectivity index (χ4v) is 1.10. The van der Waals surface area contributed by atoms with Crippen molar-refractivity contribution in [2.75, 3.05) is 18.4 Å². The summed E-state index contributed by atoms with van der Waals surface area (Å²) in [6.45, 7) is 1.36. The number of aromatic nitrogens is 1. The first-order valence-corrected chi connectivity index (χ1v) is 4.18. The average molecular weight is 216 g/mol. The Morgan fingerprint density at radius 3 is 3.09 bits per heavy atom. The summed E-state index contributed by atoms with van der Waals surface area (Å²) >= 11 is 3.36. The highest BCUT2D eigenvalue weighted by Crippen LogP contribution is 2.17. The van der Waals surface area contributed by atoms with Gasteiger partial charge in [-0.2, -0.15) is 0 Å². The normalized spacial score (nSPS) is 9.64. The van der Waals surface area contributed by atoms with E-state index in [4.69, 9.17) is 5.73 Å². The molecule has 0 radical (unpaired) electrons. The average Bonchev–Trinajstić information content (AvgIpc) is 2.03. The van der Waals surface area contributed by atoms with Gasteiger partial charge in [0.2, 0.25) is 0 Å². The summed E-state index contributed by atoms with van der Waals surface area (Å²) in [6, 6.07) is 3.81. The van der Waals surface area contributed by atoms with Gasteiger partial charge in [0, 0.05) is 19.3 Å². The first-order valence-electron chi connectivity index (χ1n) is 3.39. The molecule has 1 aromatic rings. The van der Waals surface area contributed by atoms with Crippen LogP contribution in [0, 0.1) is 0 Å². The van der Waals surface area contributed by atoms with Crippen molar-refractivity contribution in [3.05, 3.63) is 22.8 Å². The second kappa shape index (κ2) is 4.31. The van der Waals surface area contributed by atoms with Crippen molar-refractivity contribution in [3.63, 3.8) is 0 Å². The minimum atomic E-state index is 0.614. The van der Waals surface area contributed by atoms with Crippen LogP contribution in [0.15, 0.2) is 22.8 Å². The molecule has 11 heavy (non-hydrogen) atoms. The van der Waals surface area contributed by atoms with Crippen LogP contribution in [0.4, 0.5) is 5.82 Å². The monoisotopic (exact) mass is 215 g/mol. The molecule has 0 saturated heterocycles. The lowest BCUT2D eigenvalue weighted by molar-refractivity contribution is 1.01. The van der Waals surface area contributed by atoms with Crippen LogP contribution in [-0.2, 0) is 0 Å². The highest BCUT2D eigenvalue weighted by molar-refractivity contribution is 9.10. The van der Waals surface area contributed by atoms with Gasteiger partial charge in [-0.3, -0.25) is 0 Å². The zero-order valence-electron chi connectivity index (χ0n) is 6.05. The van der Waals surface area contributed by atoms with Crippen LogP contribution in [-0.4, -0.2) is 18.1 Å². The summed E-state index contributed by atoms with van der Waals surface area (Å²) in [5, 5.41) is 3.08. The molecule has 0 aliphatic heterocycles. The van der Waals surface area contributed by atoms with E-state index in [2.05, 4.69) is 26.2 Å². The number of nitrogens with zero attached hydrogens (tertiary/aromatic N) is 1. The topological polar surface area (TPSA) is 50.9 Å². The van der Waals surface area contributed by atoms with Crippen LogP contribution in [0.5, 0.6) is 0 Å². The van der Waals surface area contributed by atoms with E-state index in [1.807, 2.05) is 12.1 Å². The molecule has 0 spiro atoms. The lowest BCUT2D eigenvalue weighted by atomic mass is 10.4. The highest BCUT2D eigenvalue weighted by Gasteiger charge is 1.95. The second-order valence-electron chi connectivity index (χ2n) is 2.05. The van der Waals surface area contributed by atoms with Gasteiger partial charge in [0.25, 0.3) is 0 Å². The number of pyridine rings is 1. The molecule has 60 valence electrons. The molecule has 0 fully saturated rings. The molecule has 0 unspecified atom stereocenters. The molecule has 1 rings (SSSR count). The summed E-state index contributed by atoms with van der Waals surface area (Å²) in [7, 11) is 0. The quantitative estimate of drug-likeness (QED) is 0.798. The summed E-state index contributed by atoms with van der Waals surface area (Å²) in [6.07, 6.45) is 1.74. The predicted molar refractivity (Wildman–Crippen MR) is 49.5 cm³/mol. The van der Waals surface area contributed by atoms with E-state index in [-0.39, 0.29) is 0 Å². The number of hydrogen-bond acceptors (Lipinski definition) is 3. The molecule has 1 aromatic heterocycles. The van der Waals surface area contributed by atoms with Crippen LogP contribution in [0.25, 0.3) is 0 Å². The van der Waals surface area contributed by atoms with E-state index in [9.17, 15) is 0 Å². The number of hydrogen-bond donors (Lipinski definition) is 2. The lowest BCUT2D eigenvalue weighted by Gasteiger charge is -2.03. The predicted octanol–water partition coefficient (Wildman–Crippen LogP) is 1.21. The minimum Gasteiger partial charge on any atom is -0.368 e. The molecule has 0 aliphatic rings. The zero-order chi connectivity index (χ0) is 8.10. The molecule has 4 heteroatoms. The molecule has 1 heterocycles. The standard InChI is InChI=1S/C7H10BrN3/c8-6-2-1-4-10-7(6)11-5-3-9/h1-2,4H,3,5,9H2,(H,10,11). The Morgan fingerprint density at radius 1 is 1.64 bits per heavy atom. The Labute approximate surface area is 74.1 Å². The van der Waals surface area contributed by atoms with Gasteiger partial charge in [0.05, 0.1) is 4.47 Å². The summed E-state index contributed by atoms with van der Waals surface area (Å²) in [4.78, 5) is 4.10. The highest BCUT2D eigenvalue weighted by atomic mass is 79.9. The number of rotatable bonds is 3. The third kappa shape index (κ3) is 2.48. The number of nitrogens with two attached hydrogens (primary N) is 1. The van der Waals surface area contributed by atoms with Crippen LogP contribution in [0.1, 0.15) is 0 Å². The molecule has 3 nitrogen and oxygen atoms in total. The third-order valence-corrected chi connectivity index (χ3v) is 1.84. The van der Waals surface area contributed by atoms with Gasteiger partial charge in [-0.25, -0.2) is 4.98 Å². The molecule has 0 saturated carbocycles. The number of anilines is 1. The molecular weight excluding hydrogens is 206 g/mol. The summed E-state index contributed by atoms with van der Waals surface area (Å²) in [5.74, 6) is 0.845. The summed E-state index contributed by atoms with van der Waals surface area (Å²) < 4.78 is 0.966. The first kappa shape index (κ1) is 8.49. The largest absolute Gasteiger partial charge is 0.368 e. The Kier molecular flexibility index (Phi) is 3.32. The smallest absolute Gasteiger partial charge is 0.140 e. The van der Waals surface area contributed by atoms with Gasteiger partial charge in [-0.1, -0.05) is 0 Å². The number of halogens is 1.